The highest BCUT2D eigenvalue weighted by atomic mass is 32.2. The Labute approximate surface area is 148 Å². The molecule has 6 nitrogen and oxygen atoms in total. The largest absolute Gasteiger partial charge is 0.497 e. The number of benzene rings is 2. The van der Waals surface area contributed by atoms with Gasteiger partial charge in [0.15, 0.2) is 0 Å². The molecule has 0 unspecified atom stereocenters. The molecule has 1 amide bonds. The van der Waals surface area contributed by atoms with Crippen molar-refractivity contribution in [1.82, 2.24) is 4.72 Å². The van der Waals surface area contributed by atoms with Gasteiger partial charge in [0.1, 0.15) is 5.75 Å². The van der Waals surface area contributed by atoms with Gasteiger partial charge in [-0.05, 0) is 56.7 Å². The first-order chi connectivity index (χ1) is 11.7. The molecule has 134 valence electrons. The summed E-state index contributed by atoms with van der Waals surface area (Å²) in [5.74, 6) is 0.128. The molecule has 1 atom stereocenters. The molecule has 25 heavy (non-hydrogen) atoms. The van der Waals surface area contributed by atoms with Gasteiger partial charge in [0.2, 0.25) is 15.9 Å². The zero-order valence-electron chi connectivity index (χ0n) is 14.7. The minimum absolute atomic E-state index is 0.0690. The van der Waals surface area contributed by atoms with Crippen molar-refractivity contribution < 1.29 is 17.9 Å². The topological polar surface area (TPSA) is 84.5 Å². The van der Waals surface area contributed by atoms with Gasteiger partial charge in [-0.2, -0.15) is 4.72 Å². The van der Waals surface area contributed by atoms with Crippen molar-refractivity contribution in [2.24, 2.45) is 0 Å². The van der Waals surface area contributed by atoms with Crippen LogP contribution in [0.25, 0.3) is 0 Å². The standard InChI is InChI=1S/C18H22N2O4S/c1-12-5-10-17(13(2)11-12)19-18(21)14(3)20-25(22,23)16-8-6-15(24-4)7-9-16/h5-11,14,20H,1-4H3,(H,19,21)/t14-/m0/s1. The number of carbonyl (C=O) groups excluding carboxylic acids is 1. The summed E-state index contributed by atoms with van der Waals surface area (Å²) < 4.78 is 32.1. The summed E-state index contributed by atoms with van der Waals surface area (Å²) in [5, 5.41) is 2.74. The van der Waals surface area contributed by atoms with Crippen molar-refractivity contribution in [3.05, 3.63) is 53.6 Å². The third-order valence-corrected chi connectivity index (χ3v) is 5.29. The second-order valence-electron chi connectivity index (χ2n) is 5.83. The number of hydrogen-bond acceptors (Lipinski definition) is 4. The monoisotopic (exact) mass is 362 g/mol. The van der Waals surface area contributed by atoms with E-state index in [0.29, 0.717) is 11.4 Å². The summed E-state index contributed by atoms with van der Waals surface area (Å²) in [6.45, 7) is 5.35. The van der Waals surface area contributed by atoms with Crippen LogP contribution in [-0.2, 0) is 14.8 Å². The van der Waals surface area contributed by atoms with Gasteiger partial charge in [-0.25, -0.2) is 8.42 Å². The molecule has 0 aliphatic rings. The van der Waals surface area contributed by atoms with Crippen molar-refractivity contribution >= 4 is 21.6 Å². The number of methoxy groups -OCH3 is 1. The van der Waals surface area contributed by atoms with Crippen LogP contribution in [0.5, 0.6) is 5.75 Å². The van der Waals surface area contributed by atoms with Gasteiger partial charge >= 0.3 is 0 Å². The van der Waals surface area contributed by atoms with E-state index in [1.165, 1.54) is 26.2 Å². The molecule has 2 aromatic carbocycles. The smallest absolute Gasteiger partial charge is 0.242 e. The molecule has 0 aromatic heterocycles. The minimum atomic E-state index is -3.81. The number of ether oxygens (including phenoxy) is 1. The maximum atomic E-state index is 12.4. The third-order valence-electron chi connectivity index (χ3n) is 3.73. The van der Waals surface area contributed by atoms with Gasteiger partial charge < -0.3 is 10.1 Å². The van der Waals surface area contributed by atoms with Crippen molar-refractivity contribution in [1.29, 1.82) is 0 Å². The van der Waals surface area contributed by atoms with E-state index in [4.69, 9.17) is 4.74 Å². The molecule has 0 saturated heterocycles. The molecule has 0 aliphatic heterocycles. The fraction of sp³-hybridized carbons (Fsp3) is 0.278. The van der Waals surface area contributed by atoms with Crippen LogP contribution >= 0.6 is 0 Å². The van der Waals surface area contributed by atoms with Crippen LogP contribution in [0.15, 0.2) is 47.4 Å². The maximum absolute atomic E-state index is 12.4. The number of hydrogen-bond donors (Lipinski definition) is 2. The Morgan fingerprint density at radius 2 is 1.72 bits per heavy atom. The molecule has 7 heteroatoms. The molecule has 0 radical (unpaired) electrons. The zero-order valence-corrected chi connectivity index (χ0v) is 15.5. The lowest BCUT2D eigenvalue weighted by Gasteiger charge is -2.16. The predicted molar refractivity (Wildman–Crippen MR) is 97.3 cm³/mol. The summed E-state index contributed by atoms with van der Waals surface area (Å²) in [4.78, 5) is 12.4. The number of nitrogens with one attached hydrogen (secondary N) is 2. The number of carbonyl (C=O) groups is 1. The van der Waals surface area contributed by atoms with E-state index in [-0.39, 0.29) is 4.90 Å². The number of aryl methyl sites for hydroxylation is 2. The van der Waals surface area contributed by atoms with Crippen LogP contribution in [0.1, 0.15) is 18.1 Å². The zero-order chi connectivity index (χ0) is 18.6. The second-order valence-corrected chi connectivity index (χ2v) is 7.54. The summed E-state index contributed by atoms with van der Waals surface area (Å²) >= 11 is 0. The lowest BCUT2D eigenvalue weighted by Crippen LogP contribution is -2.41. The normalized spacial score (nSPS) is 12.5. The lowest BCUT2D eigenvalue weighted by atomic mass is 10.1. The van der Waals surface area contributed by atoms with E-state index in [1.54, 1.807) is 18.2 Å². The van der Waals surface area contributed by atoms with E-state index in [1.807, 2.05) is 26.0 Å². The lowest BCUT2D eigenvalue weighted by molar-refractivity contribution is -0.117. The fourth-order valence-electron chi connectivity index (χ4n) is 2.30. The predicted octanol–water partition coefficient (Wildman–Crippen LogP) is 2.62. The molecule has 0 saturated carbocycles. The van der Waals surface area contributed by atoms with Gasteiger partial charge in [-0.15, -0.1) is 0 Å². The first-order valence-corrected chi connectivity index (χ1v) is 9.26. The minimum Gasteiger partial charge on any atom is -0.497 e. The van der Waals surface area contributed by atoms with Crippen molar-refractivity contribution in [3.8, 4) is 5.75 Å². The van der Waals surface area contributed by atoms with Crippen molar-refractivity contribution in [2.45, 2.75) is 31.7 Å². The Morgan fingerprint density at radius 3 is 2.28 bits per heavy atom. The highest BCUT2D eigenvalue weighted by molar-refractivity contribution is 7.89. The van der Waals surface area contributed by atoms with Crippen LogP contribution < -0.4 is 14.8 Å². The average Bonchev–Trinajstić information content (AvgIpc) is 2.57. The Balaban J connectivity index is 2.08. The van der Waals surface area contributed by atoms with Gasteiger partial charge in [0, 0.05) is 5.69 Å². The first-order valence-electron chi connectivity index (χ1n) is 7.77. The fourth-order valence-corrected chi connectivity index (χ4v) is 3.51. The van der Waals surface area contributed by atoms with Crippen LogP contribution in [0.3, 0.4) is 0 Å². The van der Waals surface area contributed by atoms with E-state index in [0.717, 1.165) is 11.1 Å². The number of sulfonamides is 1. The Kier molecular flexibility index (Phi) is 5.81. The van der Waals surface area contributed by atoms with Crippen LogP contribution in [0.4, 0.5) is 5.69 Å². The quantitative estimate of drug-likeness (QED) is 0.827. The molecule has 0 heterocycles. The summed E-state index contributed by atoms with van der Waals surface area (Å²) in [6.07, 6.45) is 0. The molecule has 0 bridgehead atoms. The summed E-state index contributed by atoms with van der Waals surface area (Å²) in [7, 11) is -2.30. The molecule has 0 fully saturated rings. The molecular weight excluding hydrogens is 340 g/mol. The number of amides is 1. The van der Waals surface area contributed by atoms with Crippen molar-refractivity contribution in [3.63, 3.8) is 0 Å². The van der Waals surface area contributed by atoms with Gasteiger partial charge in [-0.3, -0.25) is 4.79 Å². The highest BCUT2D eigenvalue weighted by Gasteiger charge is 2.22. The number of rotatable bonds is 6. The molecular formula is C18H22N2O4S. The third kappa shape index (κ3) is 4.80. The Bertz CT molecular complexity index is 861. The summed E-state index contributed by atoms with van der Waals surface area (Å²) in [5.41, 5.74) is 2.66. The van der Waals surface area contributed by atoms with Crippen LogP contribution in [0.2, 0.25) is 0 Å². The average molecular weight is 362 g/mol. The highest BCUT2D eigenvalue weighted by Crippen LogP contribution is 2.18. The van der Waals surface area contributed by atoms with Gasteiger partial charge in [-0.1, -0.05) is 17.7 Å². The van der Waals surface area contributed by atoms with Crippen LogP contribution in [0, 0.1) is 13.8 Å². The van der Waals surface area contributed by atoms with E-state index >= 15 is 0 Å². The van der Waals surface area contributed by atoms with Crippen molar-refractivity contribution in [2.75, 3.05) is 12.4 Å². The second kappa shape index (κ2) is 7.67. The first kappa shape index (κ1) is 19.0. The SMILES string of the molecule is COc1ccc(S(=O)(=O)N[C@@H](C)C(=O)Nc2ccc(C)cc2C)cc1. The van der Waals surface area contributed by atoms with E-state index in [9.17, 15) is 13.2 Å². The Hall–Kier alpha value is -2.38. The maximum Gasteiger partial charge on any atom is 0.242 e. The number of anilines is 1. The van der Waals surface area contributed by atoms with Gasteiger partial charge in [0.05, 0.1) is 18.0 Å². The van der Waals surface area contributed by atoms with E-state index < -0.39 is 22.0 Å². The Morgan fingerprint density at radius 1 is 1.08 bits per heavy atom. The molecule has 0 aliphatic carbocycles. The summed E-state index contributed by atoms with van der Waals surface area (Å²) in [6, 6.07) is 10.7. The van der Waals surface area contributed by atoms with Crippen LogP contribution in [-0.4, -0.2) is 27.5 Å². The molecule has 0 spiro atoms. The molecule has 2 rings (SSSR count). The molecule has 2 N–H and O–H groups in total. The van der Waals surface area contributed by atoms with Gasteiger partial charge in [0.25, 0.3) is 0 Å². The molecule has 2 aromatic rings. The van der Waals surface area contributed by atoms with E-state index in [2.05, 4.69) is 10.0 Å².